The highest BCUT2D eigenvalue weighted by atomic mass is 16.2. The van der Waals surface area contributed by atoms with E-state index < -0.39 is 0 Å². The summed E-state index contributed by atoms with van der Waals surface area (Å²) >= 11 is 0. The third-order valence-corrected chi connectivity index (χ3v) is 3.38. The van der Waals surface area contributed by atoms with Crippen LogP contribution in [-0.2, 0) is 4.79 Å². The van der Waals surface area contributed by atoms with Crippen molar-refractivity contribution in [2.24, 2.45) is 0 Å². The highest BCUT2D eigenvalue weighted by Gasteiger charge is 2.18. The molecule has 118 valence electrons. The van der Waals surface area contributed by atoms with Gasteiger partial charge in [0.05, 0.1) is 12.5 Å². The van der Waals surface area contributed by atoms with Crippen molar-refractivity contribution in [3.8, 4) is 0 Å². The molecule has 0 aliphatic carbocycles. The van der Waals surface area contributed by atoms with Gasteiger partial charge in [-0.05, 0) is 17.7 Å². The van der Waals surface area contributed by atoms with Gasteiger partial charge >= 0.3 is 0 Å². The molecule has 0 fully saturated rings. The Labute approximate surface area is 136 Å². The zero-order valence-corrected chi connectivity index (χ0v) is 12.9. The Bertz CT molecular complexity index is 654. The third-order valence-electron chi connectivity index (χ3n) is 3.38. The van der Waals surface area contributed by atoms with Crippen LogP contribution in [-0.4, -0.2) is 18.4 Å². The lowest BCUT2D eigenvalue weighted by Crippen LogP contribution is -2.33. The van der Waals surface area contributed by atoms with Crippen molar-refractivity contribution in [3.05, 3.63) is 84.4 Å². The van der Waals surface area contributed by atoms with E-state index in [-0.39, 0.29) is 24.3 Å². The molecule has 4 heteroatoms. The number of rotatable bonds is 7. The second-order valence-electron chi connectivity index (χ2n) is 5.10. The molecule has 0 bridgehead atoms. The van der Waals surface area contributed by atoms with Gasteiger partial charge in [-0.2, -0.15) is 0 Å². The Balaban J connectivity index is 2.12. The first-order chi connectivity index (χ1) is 11.2. The third kappa shape index (κ3) is 5.11. The van der Waals surface area contributed by atoms with Gasteiger partial charge in [-0.15, -0.1) is 6.58 Å². The van der Waals surface area contributed by atoms with Crippen LogP contribution in [0.2, 0.25) is 0 Å². The van der Waals surface area contributed by atoms with Crippen molar-refractivity contribution in [2.45, 2.75) is 12.5 Å². The second kappa shape index (κ2) is 8.54. The van der Waals surface area contributed by atoms with E-state index in [1.54, 1.807) is 18.2 Å². The molecule has 2 N–H and O–H groups in total. The summed E-state index contributed by atoms with van der Waals surface area (Å²) in [4.78, 5) is 24.4. The van der Waals surface area contributed by atoms with Crippen LogP contribution in [0.3, 0.4) is 0 Å². The summed E-state index contributed by atoms with van der Waals surface area (Å²) in [6.07, 6.45) is 1.80. The van der Waals surface area contributed by atoms with Gasteiger partial charge in [-0.1, -0.05) is 54.6 Å². The van der Waals surface area contributed by atoms with Gasteiger partial charge in [0.1, 0.15) is 0 Å². The molecule has 0 saturated heterocycles. The quantitative estimate of drug-likeness (QED) is 0.773. The number of nitrogens with one attached hydrogen (secondary N) is 2. The molecule has 0 aliphatic heterocycles. The van der Waals surface area contributed by atoms with Crippen LogP contribution < -0.4 is 10.6 Å². The van der Waals surface area contributed by atoms with Crippen molar-refractivity contribution in [1.29, 1.82) is 0 Å². The van der Waals surface area contributed by atoms with Gasteiger partial charge in [-0.25, -0.2) is 0 Å². The molecule has 2 amide bonds. The van der Waals surface area contributed by atoms with Crippen LogP contribution in [0.4, 0.5) is 0 Å². The minimum atomic E-state index is -0.381. The molecule has 0 saturated carbocycles. The number of carbonyl (C=O) groups is 2. The Morgan fingerprint density at radius 2 is 1.61 bits per heavy atom. The van der Waals surface area contributed by atoms with Gasteiger partial charge < -0.3 is 10.6 Å². The van der Waals surface area contributed by atoms with Crippen molar-refractivity contribution >= 4 is 11.8 Å². The Morgan fingerprint density at radius 1 is 1.00 bits per heavy atom. The highest BCUT2D eigenvalue weighted by molar-refractivity contribution is 5.94. The predicted octanol–water partition coefficient (Wildman–Crippen LogP) is 2.85. The Morgan fingerprint density at radius 3 is 2.22 bits per heavy atom. The van der Waals surface area contributed by atoms with E-state index in [4.69, 9.17) is 0 Å². The van der Waals surface area contributed by atoms with Gasteiger partial charge in [0, 0.05) is 12.1 Å². The van der Waals surface area contributed by atoms with Gasteiger partial charge in [0.15, 0.2) is 0 Å². The van der Waals surface area contributed by atoms with Crippen LogP contribution in [0.5, 0.6) is 0 Å². The lowest BCUT2D eigenvalue weighted by atomic mass is 10.0. The molecule has 0 aromatic heterocycles. The van der Waals surface area contributed by atoms with E-state index in [1.165, 1.54) is 0 Å². The topological polar surface area (TPSA) is 58.2 Å². The van der Waals surface area contributed by atoms with E-state index in [2.05, 4.69) is 17.2 Å². The number of benzene rings is 2. The molecule has 0 unspecified atom stereocenters. The van der Waals surface area contributed by atoms with Gasteiger partial charge in [-0.3, -0.25) is 9.59 Å². The van der Waals surface area contributed by atoms with Crippen molar-refractivity contribution in [3.63, 3.8) is 0 Å². The minimum absolute atomic E-state index is 0.132. The summed E-state index contributed by atoms with van der Waals surface area (Å²) in [7, 11) is 0. The first kappa shape index (κ1) is 16.5. The smallest absolute Gasteiger partial charge is 0.251 e. The summed E-state index contributed by atoms with van der Waals surface area (Å²) in [5.74, 6) is -0.330. The normalized spacial score (nSPS) is 11.3. The number of carbonyl (C=O) groups excluding carboxylic acids is 2. The zero-order valence-electron chi connectivity index (χ0n) is 12.9. The first-order valence-electron chi connectivity index (χ1n) is 7.49. The Kier molecular flexibility index (Phi) is 6.12. The van der Waals surface area contributed by atoms with E-state index in [1.807, 2.05) is 48.5 Å². The molecule has 0 aliphatic rings. The highest BCUT2D eigenvalue weighted by Crippen LogP contribution is 2.17. The van der Waals surface area contributed by atoms with E-state index in [0.717, 1.165) is 5.56 Å². The van der Waals surface area contributed by atoms with Gasteiger partial charge in [0.25, 0.3) is 5.91 Å². The number of hydrogen-bond acceptors (Lipinski definition) is 2. The van der Waals surface area contributed by atoms with Crippen molar-refractivity contribution < 1.29 is 9.59 Å². The molecule has 0 spiro atoms. The van der Waals surface area contributed by atoms with Crippen LogP contribution in [0.1, 0.15) is 28.4 Å². The lowest BCUT2D eigenvalue weighted by molar-refractivity contribution is -0.121. The fourth-order valence-corrected chi connectivity index (χ4v) is 2.21. The molecule has 0 heterocycles. The molecule has 1 atom stereocenters. The standard InChI is InChI=1S/C19H20N2O2/c1-2-13-20-18(22)14-17(15-9-5-3-6-10-15)21-19(23)16-11-7-4-8-12-16/h2-12,17H,1,13-14H2,(H,20,22)(H,21,23)/t17-/m1/s1. The minimum Gasteiger partial charge on any atom is -0.353 e. The molecule has 2 aromatic carbocycles. The van der Waals surface area contributed by atoms with Crippen LogP contribution in [0, 0.1) is 0 Å². The summed E-state index contributed by atoms with van der Waals surface area (Å²) in [5.41, 5.74) is 1.46. The van der Waals surface area contributed by atoms with Gasteiger partial charge in [0.2, 0.25) is 5.91 Å². The second-order valence-corrected chi connectivity index (χ2v) is 5.10. The summed E-state index contributed by atoms with van der Waals surface area (Å²) < 4.78 is 0. The van der Waals surface area contributed by atoms with E-state index in [9.17, 15) is 9.59 Å². The number of amides is 2. The molecule has 23 heavy (non-hydrogen) atoms. The summed E-state index contributed by atoms with van der Waals surface area (Å²) in [6, 6.07) is 18.1. The average molecular weight is 308 g/mol. The summed E-state index contributed by atoms with van der Waals surface area (Å²) in [5, 5.41) is 5.67. The molecular weight excluding hydrogens is 288 g/mol. The fraction of sp³-hybridized carbons (Fsp3) is 0.158. The Hall–Kier alpha value is -2.88. The monoisotopic (exact) mass is 308 g/mol. The molecule has 0 radical (unpaired) electrons. The maximum atomic E-state index is 12.4. The predicted molar refractivity (Wildman–Crippen MR) is 90.9 cm³/mol. The molecular formula is C19H20N2O2. The van der Waals surface area contributed by atoms with E-state index in [0.29, 0.717) is 12.1 Å². The number of hydrogen-bond donors (Lipinski definition) is 2. The largest absolute Gasteiger partial charge is 0.353 e. The lowest BCUT2D eigenvalue weighted by Gasteiger charge is -2.19. The molecule has 2 rings (SSSR count). The van der Waals surface area contributed by atoms with E-state index >= 15 is 0 Å². The van der Waals surface area contributed by atoms with Crippen molar-refractivity contribution in [1.82, 2.24) is 10.6 Å². The van der Waals surface area contributed by atoms with Crippen LogP contribution in [0.15, 0.2) is 73.3 Å². The molecule has 2 aromatic rings. The SMILES string of the molecule is C=CCNC(=O)C[C@@H](NC(=O)c1ccccc1)c1ccccc1. The zero-order chi connectivity index (χ0) is 16.5. The van der Waals surface area contributed by atoms with Crippen LogP contribution in [0.25, 0.3) is 0 Å². The molecule has 4 nitrogen and oxygen atoms in total. The summed E-state index contributed by atoms with van der Waals surface area (Å²) in [6.45, 7) is 3.98. The fourth-order valence-electron chi connectivity index (χ4n) is 2.21. The maximum Gasteiger partial charge on any atom is 0.251 e. The van der Waals surface area contributed by atoms with Crippen molar-refractivity contribution in [2.75, 3.05) is 6.54 Å². The first-order valence-corrected chi connectivity index (χ1v) is 7.49. The van der Waals surface area contributed by atoms with Crippen LogP contribution >= 0.6 is 0 Å². The maximum absolute atomic E-state index is 12.4. The average Bonchev–Trinajstić information content (AvgIpc) is 2.61.